The van der Waals surface area contributed by atoms with Crippen LogP contribution in [0.5, 0.6) is 0 Å². The Labute approximate surface area is 191 Å². The third kappa shape index (κ3) is 5.07. The number of amides is 1. The standard InChI is InChI=1S/C22H30NO4.3CH3.Sn/c1-6-14-7-9-15(10-8-14)17-13-16-11-12-18(19(17)20(24)26-5)23(16)21(25)27-22(2,3)4;;;;/h7,9-10,16-19H,6,11-13H2,1-5H3;3*1H3;/t16-,17+,18+,19-;;;;/m0..../s1. The summed E-state index contributed by atoms with van der Waals surface area (Å²) in [4.78, 5) is 35.2. The Morgan fingerprint density at radius 2 is 1.84 bits per heavy atom. The third-order valence-electron chi connectivity index (χ3n) is 6.75. The molecule has 1 aromatic carbocycles. The predicted molar refractivity (Wildman–Crippen MR) is 127 cm³/mol. The van der Waals surface area contributed by atoms with Gasteiger partial charge in [0.05, 0.1) is 0 Å². The number of ether oxygens (including phenoxy) is 2. The first-order valence-corrected chi connectivity index (χ1v) is 21.6. The number of fused-ring (bicyclic) bond motifs is 2. The Bertz CT molecular complexity index is 839. The topological polar surface area (TPSA) is 55.8 Å². The maximum absolute atomic E-state index is 13.0. The van der Waals surface area contributed by atoms with Crippen molar-refractivity contribution < 1.29 is 19.1 Å². The Hall–Kier alpha value is -1.24. The molecule has 31 heavy (non-hydrogen) atoms. The minimum atomic E-state index is -2.32. The van der Waals surface area contributed by atoms with Crippen molar-refractivity contribution in [1.29, 1.82) is 0 Å². The Balaban J connectivity index is 2.00. The van der Waals surface area contributed by atoms with E-state index in [9.17, 15) is 9.59 Å². The van der Waals surface area contributed by atoms with E-state index in [4.69, 9.17) is 9.47 Å². The average Bonchev–Trinajstić information content (AvgIpc) is 2.98. The fraction of sp³-hybridized carbons (Fsp3) is 0.680. The van der Waals surface area contributed by atoms with E-state index >= 15 is 0 Å². The first-order valence-electron chi connectivity index (χ1n) is 11.6. The van der Waals surface area contributed by atoms with E-state index in [2.05, 4.69) is 39.9 Å². The molecule has 2 aliphatic heterocycles. The average molecular weight is 536 g/mol. The van der Waals surface area contributed by atoms with Crippen molar-refractivity contribution >= 4 is 34.0 Å². The van der Waals surface area contributed by atoms with Crippen LogP contribution in [0.1, 0.15) is 64.0 Å². The summed E-state index contributed by atoms with van der Waals surface area (Å²) < 4.78 is 12.5. The van der Waals surface area contributed by atoms with Gasteiger partial charge in [0.25, 0.3) is 0 Å². The third-order valence-corrected chi connectivity index (χ3v) is 12.7. The van der Waals surface area contributed by atoms with E-state index in [1.54, 1.807) is 3.58 Å². The number of carbonyl (C=O) groups excluding carboxylic acids is 2. The van der Waals surface area contributed by atoms with Crippen LogP contribution < -0.4 is 3.58 Å². The fourth-order valence-electron chi connectivity index (χ4n) is 5.44. The summed E-state index contributed by atoms with van der Waals surface area (Å²) in [5, 5.41) is 0. The number of rotatable bonds is 4. The van der Waals surface area contributed by atoms with Crippen molar-refractivity contribution in [3.63, 3.8) is 0 Å². The first kappa shape index (κ1) is 24.4. The van der Waals surface area contributed by atoms with Gasteiger partial charge in [-0.05, 0) is 0 Å². The summed E-state index contributed by atoms with van der Waals surface area (Å²) in [7, 11) is 1.45. The Morgan fingerprint density at radius 1 is 1.16 bits per heavy atom. The molecule has 0 spiro atoms. The van der Waals surface area contributed by atoms with E-state index in [0.717, 1.165) is 25.7 Å². The molecular weight excluding hydrogens is 497 g/mol. The first-order chi connectivity index (χ1) is 14.4. The fourth-order valence-corrected chi connectivity index (χ4v) is 10.6. The van der Waals surface area contributed by atoms with E-state index in [1.807, 2.05) is 25.7 Å². The maximum atomic E-state index is 13.0. The number of aryl methyl sites for hydroxylation is 1. The van der Waals surface area contributed by atoms with Crippen LogP contribution in [0.2, 0.25) is 14.8 Å². The summed E-state index contributed by atoms with van der Waals surface area (Å²) in [6.45, 7) is 7.86. The SMILES string of the molecule is CCc1ccc([C@H]2C[C@@H]3CC[C@H]([C@H]2C(=O)OC)N3C(=O)OC(C)(C)C)c[c]1[Sn]([CH3])([CH3])[CH3]. The molecule has 0 aliphatic carbocycles. The zero-order valence-electron chi connectivity index (χ0n) is 20.5. The molecule has 3 rings (SSSR count). The number of nitrogens with zero attached hydrogens (tertiary/aromatic N) is 1. The second-order valence-corrected chi connectivity index (χ2v) is 25.5. The Kier molecular flexibility index (Phi) is 7.05. The normalized spacial score (nSPS) is 26.0. The zero-order valence-corrected chi connectivity index (χ0v) is 23.3. The van der Waals surface area contributed by atoms with Crippen molar-refractivity contribution in [3.05, 3.63) is 29.3 Å². The molecule has 172 valence electrons. The van der Waals surface area contributed by atoms with Gasteiger partial charge in [-0.2, -0.15) is 0 Å². The number of piperidine rings is 1. The van der Waals surface area contributed by atoms with Crippen molar-refractivity contribution in [3.8, 4) is 0 Å². The number of esters is 1. The van der Waals surface area contributed by atoms with E-state index < -0.39 is 24.0 Å². The molecule has 1 amide bonds. The van der Waals surface area contributed by atoms with Crippen LogP contribution in [-0.4, -0.2) is 60.1 Å². The van der Waals surface area contributed by atoms with Crippen LogP contribution in [0.25, 0.3) is 0 Å². The van der Waals surface area contributed by atoms with E-state index in [1.165, 1.54) is 18.2 Å². The van der Waals surface area contributed by atoms with Crippen molar-refractivity contribution in [1.82, 2.24) is 4.90 Å². The molecule has 4 atom stereocenters. The second-order valence-electron chi connectivity index (χ2n) is 11.1. The summed E-state index contributed by atoms with van der Waals surface area (Å²) >= 11 is -2.32. The quantitative estimate of drug-likeness (QED) is 0.409. The van der Waals surface area contributed by atoms with Crippen LogP contribution in [0.15, 0.2) is 18.2 Å². The molecule has 2 heterocycles. The summed E-state index contributed by atoms with van der Waals surface area (Å²) in [6, 6.07) is 6.81. The van der Waals surface area contributed by atoms with Gasteiger partial charge in [-0.25, -0.2) is 0 Å². The molecule has 2 bridgehead atoms. The van der Waals surface area contributed by atoms with Crippen LogP contribution in [-0.2, 0) is 20.7 Å². The van der Waals surface area contributed by atoms with Gasteiger partial charge in [0, 0.05) is 0 Å². The number of carbonyl (C=O) groups is 2. The molecule has 0 saturated carbocycles. The molecule has 0 radical (unpaired) electrons. The van der Waals surface area contributed by atoms with E-state index in [-0.39, 0.29) is 36.0 Å². The van der Waals surface area contributed by atoms with Gasteiger partial charge < -0.3 is 0 Å². The van der Waals surface area contributed by atoms with Crippen LogP contribution in [0, 0.1) is 5.92 Å². The number of benzene rings is 1. The molecule has 0 unspecified atom stereocenters. The predicted octanol–water partition coefficient (Wildman–Crippen LogP) is 4.84. The van der Waals surface area contributed by atoms with E-state index in [0.29, 0.717) is 0 Å². The second kappa shape index (κ2) is 8.95. The van der Waals surface area contributed by atoms with Gasteiger partial charge in [0.15, 0.2) is 0 Å². The molecule has 0 N–H and O–H groups in total. The number of hydrogen-bond acceptors (Lipinski definition) is 4. The summed E-state index contributed by atoms with van der Waals surface area (Å²) in [6.07, 6.45) is 3.23. The molecule has 1 aromatic rings. The molecule has 2 saturated heterocycles. The monoisotopic (exact) mass is 537 g/mol. The summed E-state index contributed by atoms with van der Waals surface area (Å²) in [5.41, 5.74) is 2.12. The van der Waals surface area contributed by atoms with Gasteiger partial charge in [-0.15, -0.1) is 0 Å². The zero-order chi connectivity index (χ0) is 23.1. The molecule has 5 nitrogen and oxygen atoms in total. The van der Waals surface area contributed by atoms with Gasteiger partial charge in [0.2, 0.25) is 0 Å². The molecule has 2 aliphatic rings. The molecular formula is C25H39NO4Sn. The van der Waals surface area contributed by atoms with Gasteiger partial charge in [-0.3, -0.25) is 0 Å². The molecule has 0 aromatic heterocycles. The molecule has 2 fully saturated rings. The molecule has 6 heteroatoms. The number of methoxy groups -OCH3 is 1. The van der Waals surface area contributed by atoms with Crippen molar-refractivity contribution in [2.24, 2.45) is 5.92 Å². The Morgan fingerprint density at radius 3 is 2.39 bits per heavy atom. The van der Waals surface area contributed by atoms with Crippen LogP contribution in [0.3, 0.4) is 0 Å². The van der Waals surface area contributed by atoms with Gasteiger partial charge >= 0.3 is 192 Å². The number of hydrogen-bond donors (Lipinski definition) is 0. The van der Waals surface area contributed by atoms with Crippen molar-refractivity contribution in [2.75, 3.05) is 7.11 Å². The van der Waals surface area contributed by atoms with Crippen molar-refractivity contribution in [2.45, 2.75) is 91.8 Å². The van der Waals surface area contributed by atoms with Crippen LogP contribution >= 0.6 is 0 Å². The minimum absolute atomic E-state index is 0.0712. The van der Waals surface area contributed by atoms with Gasteiger partial charge in [-0.1, -0.05) is 0 Å². The van der Waals surface area contributed by atoms with Gasteiger partial charge in [0.1, 0.15) is 0 Å². The summed E-state index contributed by atoms with van der Waals surface area (Å²) in [5.74, 6) is -0.502. The van der Waals surface area contributed by atoms with Crippen LogP contribution in [0.4, 0.5) is 4.79 Å².